The summed E-state index contributed by atoms with van der Waals surface area (Å²) in [5, 5.41) is 8.43. The normalized spacial score (nSPS) is 18.8. The molecule has 0 atom stereocenters. The molecular formula is C17H23N7. The van der Waals surface area contributed by atoms with Gasteiger partial charge in [0.1, 0.15) is 5.82 Å². The van der Waals surface area contributed by atoms with E-state index in [1.54, 1.807) is 6.20 Å². The second-order valence-corrected chi connectivity index (χ2v) is 6.32. The van der Waals surface area contributed by atoms with Crippen LogP contribution in [0.3, 0.4) is 0 Å². The van der Waals surface area contributed by atoms with Crippen molar-refractivity contribution in [1.82, 2.24) is 20.2 Å². The number of hydrogen-bond donors (Lipinski definition) is 0. The summed E-state index contributed by atoms with van der Waals surface area (Å²) in [6.07, 6.45) is 7.37. The molecule has 24 heavy (non-hydrogen) atoms. The van der Waals surface area contributed by atoms with Crippen LogP contribution in [-0.4, -0.2) is 59.4 Å². The summed E-state index contributed by atoms with van der Waals surface area (Å²) in [6.45, 7) is 5.82. The third kappa shape index (κ3) is 3.25. The quantitative estimate of drug-likeness (QED) is 0.849. The fourth-order valence-electron chi connectivity index (χ4n) is 3.37. The van der Waals surface area contributed by atoms with Gasteiger partial charge < -0.3 is 14.7 Å². The monoisotopic (exact) mass is 325 g/mol. The second-order valence-electron chi connectivity index (χ2n) is 6.32. The Kier molecular flexibility index (Phi) is 4.40. The first-order valence-corrected chi connectivity index (χ1v) is 8.76. The molecule has 7 heteroatoms. The Balaban J connectivity index is 1.42. The highest BCUT2D eigenvalue weighted by atomic mass is 15.4. The molecule has 2 aliphatic heterocycles. The lowest BCUT2D eigenvalue weighted by molar-refractivity contribution is 0.563. The second kappa shape index (κ2) is 6.98. The van der Waals surface area contributed by atoms with Gasteiger partial charge in [0.2, 0.25) is 5.95 Å². The van der Waals surface area contributed by atoms with Crippen LogP contribution in [-0.2, 0) is 0 Å². The molecule has 0 saturated carbocycles. The zero-order chi connectivity index (χ0) is 16.2. The molecule has 2 aromatic heterocycles. The van der Waals surface area contributed by atoms with E-state index in [9.17, 15) is 0 Å². The predicted molar refractivity (Wildman–Crippen MR) is 94.6 cm³/mol. The van der Waals surface area contributed by atoms with Crippen LogP contribution in [0.15, 0.2) is 30.6 Å². The minimum atomic E-state index is 0.777. The first kappa shape index (κ1) is 15.1. The van der Waals surface area contributed by atoms with Gasteiger partial charge in [0.25, 0.3) is 0 Å². The van der Waals surface area contributed by atoms with E-state index < -0.39 is 0 Å². The van der Waals surface area contributed by atoms with Crippen LogP contribution >= 0.6 is 0 Å². The SMILES string of the molecule is c1ccc(N2CCN(c3cnnc(N4CCCCC4)n3)CC2)nc1. The van der Waals surface area contributed by atoms with E-state index in [0.717, 1.165) is 56.9 Å². The third-order valence-electron chi connectivity index (χ3n) is 4.75. The number of nitrogens with zero attached hydrogens (tertiary/aromatic N) is 7. The number of hydrogen-bond acceptors (Lipinski definition) is 7. The maximum atomic E-state index is 4.76. The molecule has 4 heterocycles. The number of rotatable bonds is 3. The Labute approximate surface area is 142 Å². The molecule has 0 unspecified atom stereocenters. The van der Waals surface area contributed by atoms with Crippen LogP contribution in [0.2, 0.25) is 0 Å². The topological polar surface area (TPSA) is 61.3 Å². The Morgan fingerprint density at radius 3 is 2.21 bits per heavy atom. The van der Waals surface area contributed by atoms with E-state index in [1.165, 1.54) is 19.3 Å². The largest absolute Gasteiger partial charge is 0.353 e. The standard InChI is InChI=1S/C17H23N7/c1-4-8-24(9-5-1)17-20-16(14-19-21-17)23-12-10-22(11-13-23)15-6-2-3-7-18-15/h2-3,6-7,14H,1,4-5,8-13H2. The number of aromatic nitrogens is 4. The van der Waals surface area contributed by atoms with E-state index in [-0.39, 0.29) is 0 Å². The average Bonchev–Trinajstić information content (AvgIpc) is 2.70. The lowest BCUT2D eigenvalue weighted by Crippen LogP contribution is -2.47. The van der Waals surface area contributed by atoms with Gasteiger partial charge in [-0.15, -0.1) is 5.10 Å². The fraction of sp³-hybridized carbons (Fsp3) is 0.529. The molecule has 0 bridgehead atoms. The zero-order valence-electron chi connectivity index (χ0n) is 13.9. The van der Waals surface area contributed by atoms with Crippen molar-refractivity contribution in [2.24, 2.45) is 0 Å². The molecule has 126 valence electrons. The molecule has 0 aliphatic carbocycles. The summed E-state index contributed by atoms with van der Waals surface area (Å²) in [7, 11) is 0. The summed E-state index contributed by atoms with van der Waals surface area (Å²) in [6, 6.07) is 6.05. The van der Waals surface area contributed by atoms with E-state index in [2.05, 4.69) is 35.9 Å². The molecule has 2 aliphatic rings. The predicted octanol–water partition coefficient (Wildman–Crippen LogP) is 1.58. The lowest BCUT2D eigenvalue weighted by atomic mass is 10.1. The van der Waals surface area contributed by atoms with Gasteiger partial charge in [-0.2, -0.15) is 10.1 Å². The van der Waals surface area contributed by atoms with Gasteiger partial charge in [-0.1, -0.05) is 6.07 Å². The van der Waals surface area contributed by atoms with Crippen LogP contribution in [0.4, 0.5) is 17.6 Å². The molecule has 0 aromatic carbocycles. The molecule has 0 radical (unpaired) electrons. The Morgan fingerprint density at radius 1 is 0.750 bits per heavy atom. The fourth-order valence-corrected chi connectivity index (χ4v) is 3.37. The van der Waals surface area contributed by atoms with Crippen molar-refractivity contribution in [3.63, 3.8) is 0 Å². The number of piperazine rings is 1. The minimum Gasteiger partial charge on any atom is -0.353 e. The summed E-state index contributed by atoms with van der Waals surface area (Å²) >= 11 is 0. The van der Waals surface area contributed by atoms with Crippen molar-refractivity contribution >= 4 is 17.6 Å². The minimum absolute atomic E-state index is 0.777. The van der Waals surface area contributed by atoms with Crippen molar-refractivity contribution in [3.05, 3.63) is 30.6 Å². The van der Waals surface area contributed by atoms with Crippen molar-refractivity contribution in [1.29, 1.82) is 0 Å². The van der Waals surface area contributed by atoms with Gasteiger partial charge in [0.15, 0.2) is 5.82 Å². The highest BCUT2D eigenvalue weighted by Gasteiger charge is 2.21. The molecular weight excluding hydrogens is 302 g/mol. The van der Waals surface area contributed by atoms with Gasteiger partial charge in [-0.05, 0) is 31.4 Å². The van der Waals surface area contributed by atoms with E-state index in [1.807, 2.05) is 18.3 Å². The zero-order valence-corrected chi connectivity index (χ0v) is 13.9. The first-order valence-electron chi connectivity index (χ1n) is 8.76. The smallest absolute Gasteiger partial charge is 0.247 e. The van der Waals surface area contributed by atoms with Gasteiger partial charge in [-0.25, -0.2) is 4.98 Å². The van der Waals surface area contributed by atoms with Crippen molar-refractivity contribution < 1.29 is 0 Å². The van der Waals surface area contributed by atoms with Crippen LogP contribution in [0.25, 0.3) is 0 Å². The van der Waals surface area contributed by atoms with Gasteiger partial charge >= 0.3 is 0 Å². The average molecular weight is 325 g/mol. The Bertz CT molecular complexity index is 649. The Hall–Kier alpha value is -2.44. The summed E-state index contributed by atoms with van der Waals surface area (Å²) in [5.41, 5.74) is 0. The molecule has 2 saturated heterocycles. The van der Waals surface area contributed by atoms with Gasteiger partial charge in [0, 0.05) is 45.5 Å². The van der Waals surface area contributed by atoms with E-state index in [4.69, 9.17) is 4.98 Å². The maximum absolute atomic E-state index is 4.76. The maximum Gasteiger partial charge on any atom is 0.247 e. The summed E-state index contributed by atoms with van der Waals surface area (Å²) < 4.78 is 0. The van der Waals surface area contributed by atoms with Crippen LogP contribution in [0.5, 0.6) is 0 Å². The Morgan fingerprint density at radius 2 is 1.50 bits per heavy atom. The van der Waals surface area contributed by atoms with Gasteiger partial charge in [0.05, 0.1) is 6.20 Å². The summed E-state index contributed by atoms with van der Waals surface area (Å²) in [5.74, 6) is 2.76. The van der Waals surface area contributed by atoms with Crippen LogP contribution < -0.4 is 14.7 Å². The molecule has 4 rings (SSSR count). The summed E-state index contributed by atoms with van der Waals surface area (Å²) in [4.78, 5) is 16.1. The third-order valence-corrected chi connectivity index (χ3v) is 4.75. The molecule has 2 aromatic rings. The highest BCUT2D eigenvalue weighted by molar-refractivity contribution is 5.45. The van der Waals surface area contributed by atoms with Crippen molar-refractivity contribution in [2.75, 3.05) is 54.0 Å². The van der Waals surface area contributed by atoms with E-state index >= 15 is 0 Å². The molecule has 0 spiro atoms. The number of anilines is 3. The molecule has 2 fully saturated rings. The van der Waals surface area contributed by atoms with Crippen LogP contribution in [0, 0.1) is 0 Å². The van der Waals surface area contributed by atoms with Crippen LogP contribution in [0.1, 0.15) is 19.3 Å². The van der Waals surface area contributed by atoms with Crippen molar-refractivity contribution in [2.45, 2.75) is 19.3 Å². The molecule has 7 nitrogen and oxygen atoms in total. The molecule has 0 amide bonds. The van der Waals surface area contributed by atoms with Crippen molar-refractivity contribution in [3.8, 4) is 0 Å². The number of pyridine rings is 1. The molecule has 0 N–H and O–H groups in total. The van der Waals surface area contributed by atoms with Gasteiger partial charge in [-0.3, -0.25) is 0 Å². The highest BCUT2D eigenvalue weighted by Crippen LogP contribution is 2.20. The van der Waals surface area contributed by atoms with E-state index in [0.29, 0.717) is 0 Å². The first-order chi connectivity index (χ1) is 11.9. The number of piperidine rings is 1. The lowest BCUT2D eigenvalue weighted by Gasteiger charge is -2.36.